The van der Waals surface area contributed by atoms with Gasteiger partial charge in [0.15, 0.2) is 5.78 Å². The van der Waals surface area contributed by atoms with Crippen molar-refractivity contribution in [3.05, 3.63) is 0 Å². The molecule has 0 bridgehead atoms. The Hall–Kier alpha value is -0.410. The van der Waals surface area contributed by atoms with Crippen molar-refractivity contribution in [1.82, 2.24) is 0 Å². The molecule has 1 heterocycles. The Bertz CT molecular complexity index is 177. The van der Waals surface area contributed by atoms with Crippen LogP contribution in [0.25, 0.3) is 0 Å². The van der Waals surface area contributed by atoms with Crippen LogP contribution in [0.2, 0.25) is 0 Å². The minimum Gasteiger partial charge on any atom is -0.368 e. The normalized spacial score (nSPS) is 46.0. The van der Waals surface area contributed by atoms with Gasteiger partial charge in [0.25, 0.3) is 0 Å². The van der Waals surface area contributed by atoms with Crippen molar-refractivity contribution < 1.29 is 9.53 Å². The molecule has 0 aliphatic carbocycles. The molecule has 1 aliphatic heterocycles. The van der Waals surface area contributed by atoms with Gasteiger partial charge in [-0.05, 0) is 27.2 Å². The van der Waals surface area contributed by atoms with Gasteiger partial charge < -0.3 is 10.5 Å². The molecular formula is C8H15NO2. The second-order valence-corrected chi connectivity index (χ2v) is 3.57. The summed E-state index contributed by atoms with van der Waals surface area (Å²) >= 11 is 0. The average Bonchev–Trinajstić information content (AvgIpc) is 1.81. The highest BCUT2D eigenvalue weighted by Gasteiger charge is 2.39. The second kappa shape index (κ2) is 2.57. The fourth-order valence-corrected chi connectivity index (χ4v) is 1.62. The highest BCUT2D eigenvalue weighted by molar-refractivity contribution is 5.92. The van der Waals surface area contributed by atoms with Gasteiger partial charge in [0.2, 0.25) is 0 Å². The van der Waals surface area contributed by atoms with E-state index in [1.54, 1.807) is 13.8 Å². The summed E-state index contributed by atoms with van der Waals surface area (Å²) in [6.45, 7) is 5.46. The average molecular weight is 157 g/mol. The van der Waals surface area contributed by atoms with E-state index in [0.717, 1.165) is 0 Å². The third-order valence-electron chi connectivity index (χ3n) is 2.08. The van der Waals surface area contributed by atoms with Gasteiger partial charge in [0, 0.05) is 0 Å². The largest absolute Gasteiger partial charge is 0.368 e. The third kappa shape index (κ3) is 1.60. The maximum Gasteiger partial charge on any atom is 0.180 e. The van der Waals surface area contributed by atoms with Crippen molar-refractivity contribution in [3.8, 4) is 0 Å². The van der Waals surface area contributed by atoms with Gasteiger partial charge >= 0.3 is 0 Å². The fraction of sp³-hybridized carbons (Fsp3) is 0.875. The first-order valence-corrected chi connectivity index (χ1v) is 3.92. The zero-order valence-corrected chi connectivity index (χ0v) is 7.26. The first-order chi connectivity index (χ1) is 4.93. The van der Waals surface area contributed by atoms with Gasteiger partial charge in [-0.3, -0.25) is 4.79 Å². The number of rotatable bonds is 0. The van der Waals surface area contributed by atoms with E-state index in [1.165, 1.54) is 0 Å². The lowest BCUT2D eigenvalue weighted by atomic mass is 9.86. The molecule has 3 nitrogen and oxygen atoms in total. The monoisotopic (exact) mass is 157 g/mol. The molecule has 3 atom stereocenters. The molecule has 0 radical (unpaired) electrons. The summed E-state index contributed by atoms with van der Waals surface area (Å²) in [4.78, 5) is 11.3. The maximum absolute atomic E-state index is 11.3. The molecule has 0 aromatic heterocycles. The fourth-order valence-electron chi connectivity index (χ4n) is 1.62. The van der Waals surface area contributed by atoms with Crippen molar-refractivity contribution in [2.75, 3.05) is 0 Å². The Morgan fingerprint density at radius 2 is 2.18 bits per heavy atom. The Labute approximate surface area is 66.9 Å². The molecule has 1 aliphatic rings. The summed E-state index contributed by atoms with van der Waals surface area (Å²) < 4.78 is 5.30. The first-order valence-electron chi connectivity index (χ1n) is 3.92. The third-order valence-corrected chi connectivity index (χ3v) is 2.08. The van der Waals surface area contributed by atoms with Crippen LogP contribution in [-0.4, -0.2) is 23.5 Å². The Morgan fingerprint density at radius 1 is 1.64 bits per heavy atom. The highest BCUT2D eigenvalue weighted by Crippen LogP contribution is 2.22. The van der Waals surface area contributed by atoms with Crippen LogP contribution in [0.4, 0.5) is 0 Å². The number of Topliss-reactive ketones (excluding diaryl/α,β-unsaturated/α-hetero) is 1. The smallest absolute Gasteiger partial charge is 0.180 e. The second-order valence-electron chi connectivity index (χ2n) is 3.57. The lowest BCUT2D eigenvalue weighted by Gasteiger charge is -2.35. The van der Waals surface area contributed by atoms with Crippen LogP contribution in [0.3, 0.4) is 0 Å². The molecule has 0 spiro atoms. The molecule has 0 amide bonds. The molecule has 0 aromatic rings. The van der Waals surface area contributed by atoms with E-state index in [4.69, 9.17) is 10.5 Å². The van der Waals surface area contributed by atoms with Crippen molar-refractivity contribution in [1.29, 1.82) is 0 Å². The number of hydrogen-bond acceptors (Lipinski definition) is 3. The molecule has 64 valence electrons. The minimum absolute atomic E-state index is 0.00981. The number of ether oxygens (including phenoxy) is 1. The summed E-state index contributed by atoms with van der Waals surface area (Å²) in [5.74, 6) is 0.00981. The minimum atomic E-state index is -0.683. The highest BCUT2D eigenvalue weighted by atomic mass is 16.5. The number of carbonyl (C=O) groups is 1. The Balaban J connectivity index is 2.75. The van der Waals surface area contributed by atoms with Gasteiger partial charge in [-0.25, -0.2) is 0 Å². The molecule has 1 rings (SSSR count). The van der Waals surface area contributed by atoms with Crippen molar-refractivity contribution >= 4 is 5.78 Å². The zero-order chi connectivity index (χ0) is 8.65. The Kier molecular flexibility index (Phi) is 2.03. The molecule has 0 saturated carbocycles. The van der Waals surface area contributed by atoms with Crippen LogP contribution in [0.15, 0.2) is 0 Å². The van der Waals surface area contributed by atoms with E-state index >= 15 is 0 Å². The standard InChI is InChI=1S/C8H15NO2/c1-5-4-8(3,9)7(10)6(2)11-5/h5-6H,4,9H2,1-3H3/t5-,6-,8?/m0/s1. The lowest BCUT2D eigenvalue weighted by molar-refractivity contribution is -0.147. The van der Waals surface area contributed by atoms with E-state index in [2.05, 4.69) is 0 Å². The van der Waals surface area contributed by atoms with Crippen LogP contribution in [0.1, 0.15) is 27.2 Å². The quantitative estimate of drug-likeness (QED) is 0.556. The summed E-state index contributed by atoms with van der Waals surface area (Å²) in [6, 6.07) is 0. The van der Waals surface area contributed by atoms with Crippen molar-refractivity contribution in [3.63, 3.8) is 0 Å². The first kappa shape index (κ1) is 8.68. The van der Waals surface area contributed by atoms with Crippen LogP contribution >= 0.6 is 0 Å². The van der Waals surface area contributed by atoms with Crippen molar-refractivity contribution in [2.45, 2.75) is 44.9 Å². The molecule has 11 heavy (non-hydrogen) atoms. The van der Waals surface area contributed by atoms with Crippen LogP contribution < -0.4 is 5.73 Å². The van der Waals surface area contributed by atoms with Crippen LogP contribution in [0, 0.1) is 0 Å². The van der Waals surface area contributed by atoms with E-state index in [9.17, 15) is 4.79 Å². The van der Waals surface area contributed by atoms with Gasteiger partial charge in [-0.2, -0.15) is 0 Å². The van der Waals surface area contributed by atoms with Crippen LogP contribution in [0.5, 0.6) is 0 Å². The molecule has 0 aromatic carbocycles. The summed E-state index contributed by atoms with van der Waals surface area (Å²) in [5.41, 5.74) is 5.09. The van der Waals surface area contributed by atoms with Crippen LogP contribution in [-0.2, 0) is 9.53 Å². The number of carbonyl (C=O) groups excluding carboxylic acids is 1. The zero-order valence-electron chi connectivity index (χ0n) is 7.26. The summed E-state index contributed by atoms with van der Waals surface area (Å²) in [5, 5.41) is 0. The topological polar surface area (TPSA) is 52.3 Å². The summed E-state index contributed by atoms with van der Waals surface area (Å²) in [7, 11) is 0. The van der Waals surface area contributed by atoms with E-state index in [-0.39, 0.29) is 18.0 Å². The van der Waals surface area contributed by atoms with E-state index in [1.807, 2.05) is 6.92 Å². The van der Waals surface area contributed by atoms with E-state index < -0.39 is 5.54 Å². The van der Waals surface area contributed by atoms with Gasteiger partial charge in [-0.1, -0.05) is 0 Å². The lowest BCUT2D eigenvalue weighted by Crippen LogP contribution is -2.56. The Morgan fingerprint density at radius 3 is 2.64 bits per heavy atom. The number of ketones is 1. The molecule has 3 heteroatoms. The predicted molar refractivity (Wildman–Crippen MR) is 42.2 cm³/mol. The van der Waals surface area contributed by atoms with Gasteiger partial charge in [0.05, 0.1) is 11.6 Å². The number of hydrogen-bond donors (Lipinski definition) is 1. The number of nitrogens with two attached hydrogens (primary N) is 1. The summed E-state index contributed by atoms with van der Waals surface area (Å²) in [6.07, 6.45) is 0.377. The molecule has 1 saturated heterocycles. The molecular weight excluding hydrogens is 142 g/mol. The van der Waals surface area contributed by atoms with Gasteiger partial charge in [-0.15, -0.1) is 0 Å². The maximum atomic E-state index is 11.3. The molecule has 1 fully saturated rings. The molecule has 2 N–H and O–H groups in total. The molecule has 1 unspecified atom stereocenters. The van der Waals surface area contributed by atoms with E-state index in [0.29, 0.717) is 6.42 Å². The van der Waals surface area contributed by atoms with Gasteiger partial charge in [0.1, 0.15) is 6.10 Å². The van der Waals surface area contributed by atoms with Crippen molar-refractivity contribution in [2.24, 2.45) is 5.73 Å². The SMILES string of the molecule is C[C@@H]1O[C@@H](C)CC(C)(N)C1=O. The predicted octanol–water partition coefficient (Wildman–Crippen LogP) is 0.470.